The Kier molecular flexibility index (Phi) is 3.84. The Balaban J connectivity index is 2.03. The molecule has 3 N–H and O–H groups in total. The molecule has 0 radical (unpaired) electrons. The number of carbonyl (C=O) groups is 2. The average Bonchev–Trinajstić information content (AvgIpc) is 2.37. The molecule has 2 amide bonds. The molecular weight excluding hydrogens is 246 g/mol. The van der Waals surface area contributed by atoms with E-state index in [1.54, 1.807) is 23.3 Å². The molecule has 0 spiro atoms. The van der Waals surface area contributed by atoms with Crippen LogP contribution in [0.1, 0.15) is 13.3 Å². The number of carbonyl (C=O) groups excluding carboxylic acids is 2. The number of hydrogen-bond acceptors (Lipinski definition) is 5. The lowest BCUT2D eigenvalue weighted by molar-refractivity contribution is -0.137. The molecule has 0 aromatic heterocycles. The first kappa shape index (κ1) is 13.1. The highest BCUT2D eigenvalue weighted by atomic mass is 16.2. The van der Waals surface area contributed by atoms with Crippen LogP contribution in [-0.4, -0.2) is 47.2 Å². The zero-order valence-corrected chi connectivity index (χ0v) is 10.8. The van der Waals surface area contributed by atoms with Crippen LogP contribution < -0.4 is 11.1 Å². The van der Waals surface area contributed by atoms with Crippen molar-refractivity contribution in [3.05, 3.63) is 24.0 Å². The summed E-state index contributed by atoms with van der Waals surface area (Å²) >= 11 is 0. The van der Waals surface area contributed by atoms with Gasteiger partial charge in [0.25, 0.3) is 5.91 Å². The Morgan fingerprint density at radius 3 is 3.05 bits per heavy atom. The minimum absolute atomic E-state index is 0.0524. The summed E-state index contributed by atoms with van der Waals surface area (Å²) in [6, 6.07) is 0. The largest absolute Gasteiger partial charge is 0.398 e. The monoisotopic (exact) mass is 263 g/mol. The number of nitrogens with two attached hydrogens (primary N) is 1. The van der Waals surface area contributed by atoms with E-state index in [0.717, 1.165) is 6.42 Å². The molecule has 7 nitrogen and oxygen atoms in total. The molecule has 0 aromatic rings. The number of allylic oxidation sites excluding steroid dienone is 1. The molecule has 2 aliphatic heterocycles. The molecule has 2 rings (SSSR count). The van der Waals surface area contributed by atoms with E-state index in [2.05, 4.69) is 10.4 Å². The number of hydrazone groups is 1. The van der Waals surface area contributed by atoms with Gasteiger partial charge in [-0.3, -0.25) is 9.59 Å². The van der Waals surface area contributed by atoms with Gasteiger partial charge in [0.15, 0.2) is 5.84 Å². The number of hydrogen-bond donors (Lipinski definition) is 2. The average molecular weight is 263 g/mol. The first-order chi connectivity index (χ1) is 9.10. The fourth-order valence-electron chi connectivity index (χ4n) is 1.76. The Bertz CT molecular complexity index is 481. The van der Waals surface area contributed by atoms with Crippen LogP contribution in [0, 0.1) is 0 Å². The predicted molar refractivity (Wildman–Crippen MR) is 70.6 cm³/mol. The van der Waals surface area contributed by atoms with E-state index in [9.17, 15) is 9.59 Å². The van der Waals surface area contributed by atoms with Crippen molar-refractivity contribution in [3.63, 3.8) is 0 Å². The summed E-state index contributed by atoms with van der Waals surface area (Å²) < 4.78 is 0. The van der Waals surface area contributed by atoms with Crippen molar-refractivity contribution < 1.29 is 9.59 Å². The van der Waals surface area contributed by atoms with E-state index >= 15 is 0 Å². The van der Waals surface area contributed by atoms with E-state index in [-0.39, 0.29) is 24.9 Å². The van der Waals surface area contributed by atoms with Crippen LogP contribution in [0.4, 0.5) is 0 Å². The Labute approximate surface area is 111 Å². The van der Waals surface area contributed by atoms with Gasteiger partial charge in [0.05, 0.1) is 0 Å². The number of amides is 2. The highest BCUT2D eigenvalue weighted by Crippen LogP contribution is 2.12. The van der Waals surface area contributed by atoms with Crippen molar-refractivity contribution in [1.29, 1.82) is 0 Å². The molecule has 0 saturated carbocycles. The van der Waals surface area contributed by atoms with Crippen molar-refractivity contribution in [1.82, 2.24) is 15.2 Å². The van der Waals surface area contributed by atoms with Gasteiger partial charge >= 0.3 is 0 Å². The van der Waals surface area contributed by atoms with Gasteiger partial charge in [-0.05, 0) is 18.6 Å². The van der Waals surface area contributed by atoms with E-state index in [4.69, 9.17) is 5.73 Å². The lowest BCUT2D eigenvalue weighted by Gasteiger charge is -2.31. The normalized spacial score (nSPS) is 17.8. The van der Waals surface area contributed by atoms with Crippen LogP contribution in [0.3, 0.4) is 0 Å². The maximum atomic E-state index is 11.9. The number of fused-ring (bicyclic) bond motifs is 1. The molecule has 0 bridgehead atoms. The molecule has 0 fully saturated rings. The van der Waals surface area contributed by atoms with Crippen LogP contribution in [0.25, 0.3) is 0 Å². The van der Waals surface area contributed by atoms with Crippen LogP contribution >= 0.6 is 0 Å². The molecule has 0 aliphatic carbocycles. The summed E-state index contributed by atoms with van der Waals surface area (Å²) in [6.45, 7) is 2.66. The van der Waals surface area contributed by atoms with Crippen molar-refractivity contribution in [3.8, 4) is 0 Å². The van der Waals surface area contributed by atoms with Gasteiger partial charge in [-0.1, -0.05) is 6.92 Å². The van der Waals surface area contributed by atoms with Crippen LogP contribution in [-0.2, 0) is 9.59 Å². The van der Waals surface area contributed by atoms with Gasteiger partial charge in [-0.25, -0.2) is 5.01 Å². The highest BCUT2D eigenvalue weighted by Gasteiger charge is 2.27. The number of nitrogens with zero attached hydrogens (tertiary/aromatic N) is 3. The molecule has 19 heavy (non-hydrogen) atoms. The minimum atomic E-state index is -0.227. The van der Waals surface area contributed by atoms with Crippen LogP contribution in [0.5, 0.6) is 0 Å². The predicted octanol–water partition coefficient (Wildman–Crippen LogP) is -0.660. The van der Waals surface area contributed by atoms with E-state index in [1.165, 1.54) is 5.01 Å². The maximum absolute atomic E-state index is 11.9. The summed E-state index contributed by atoms with van der Waals surface area (Å²) in [5.74, 6) is 0.176. The van der Waals surface area contributed by atoms with Gasteiger partial charge in [0.2, 0.25) is 5.91 Å². The summed E-state index contributed by atoms with van der Waals surface area (Å²) in [6.07, 6.45) is 5.94. The van der Waals surface area contributed by atoms with Crippen molar-refractivity contribution >= 4 is 17.6 Å². The standard InChI is InChI=1S/C12H17N5O2/c1-2-5-14-11(18)7-17-12(19)8-16-6-9(13)3-4-10(16)15-17/h3-4,6H,2,5,7-8,13H2,1H3,(H,14,18). The quantitative estimate of drug-likeness (QED) is 0.704. The van der Waals surface area contributed by atoms with E-state index in [0.29, 0.717) is 18.1 Å². The van der Waals surface area contributed by atoms with Crippen LogP contribution in [0.15, 0.2) is 29.2 Å². The zero-order chi connectivity index (χ0) is 13.8. The SMILES string of the molecule is CCCNC(=O)CN1N=C2C=CC(N)=CN2CC1=O. The first-order valence-corrected chi connectivity index (χ1v) is 6.18. The molecule has 0 atom stereocenters. The molecule has 0 saturated heterocycles. The van der Waals surface area contributed by atoms with Gasteiger partial charge in [0.1, 0.15) is 13.1 Å². The summed E-state index contributed by atoms with van der Waals surface area (Å²) in [5.41, 5.74) is 6.22. The third-order valence-electron chi connectivity index (χ3n) is 2.71. The topological polar surface area (TPSA) is 91.0 Å². The molecule has 7 heteroatoms. The second kappa shape index (κ2) is 5.55. The molecule has 2 heterocycles. The third kappa shape index (κ3) is 3.12. The van der Waals surface area contributed by atoms with E-state index < -0.39 is 0 Å². The van der Waals surface area contributed by atoms with Gasteiger partial charge in [-0.2, -0.15) is 5.10 Å². The first-order valence-electron chi connectivity index (χ1n) is 6.18. The fraction of sp³-hybridized carbons (Fsp3) is 0.417. The Hall–Kier alpha value is -2.31. The number of amidine groups is 1. The fourth-order valence-corrected chi connectivity index (χ4v) is 1.76. The van der Waals surface area contributed by atoms with Crippen molar-refractivity contribution in [2.24, 2.45) is 10.8 Å². The minimum Gasteiger partial charge on any atom is -0.398 e. The number of nitrogens with one attached hydrogen (secondary N) is 1. The summed E-state index contributed by atoms with van der Waals surface area (Å²) in [5, 5.41) is 8.05. The maximum Gasteiger partial charge on any atom is 0.263 e. The van der Waals surface area contributed by atoms with E-state index in [1.807, 2.05) is 6.92 Å². The Morgan fingerprint density at radius 1 is 1.53 bits per heavy atom. The van der Waals surface area contributed by atoms with Crippen molar-refractivity contribution in [2.45, 2.75) is 13.3 Å². The zero-order valence-electron chi connectivity index (χ0n) is 10.8. The lowest BCUT2D eigenvalue weighted by Crippen LogP contribution is -2.48. The number of rotatable bonds is 4. The summed E-state index contributed by atoms with van der Waals surface area (Å²) in [4.78, 5) is 25.1. The van der Waals surface area contributed by atoms with Crippen molar-refractivity contribution in [2.75, 3.05) is 19.6 Å². The third-order valence-corrected chi connectivity index (χ3v) is 2.71. The summed E-state index contributed by atoms with van der Waals surface area (Å²) in [7, 11) is 0. The van der Waals surface area contributed by atoms with Gasteiger partial charge in [-0.15, -0.1) is 0 Å². The molecule has 102 valence electrons. The molecule has 2 aliphatic rings. The highest BCUT2D eigenvalue weighted by molar-refractivity contribution is 6.01. The van der Waals surface area contributed by atoms with Gasteiger partial charge in [0, 0.05) is 18.4 Å². The van der Waals surface area contributed by atoms with Crippen LogP contribution in [0.2, 0.25) is 0 Å². The molecule has 0 aromatic carbocycles. The smallest absolute Gasteiger partial charge is 0.263 e. The molecular formula is C12H17N5O2. The second-order valence-corrected chi connectivity index (χ2v) is 4.35. The van der Waals surface area contributed by atoms with Gasteiger partial charge < -0.3 is 16.0 Å². The molecule has 0 unspecified atom stereocenters. The second-order valence-electron chi connectivity index (χ2n) is 4.35. The lowest BCUT2D eigenvalue weighted by atomic mass is 10.2. The Morgan fingerprint density at radius 2 is 2.32 bits per heavy atom.